The van der Waals surface area contributed by atoms with Gasteiger partial charge in [0.1, 0.15) is 24.7 Å². The molecule has 2 aliphatic rings. The third kappa shape index (κ3) is 6.23. The molecule has 1 aromatic heterocycles. The Morgan fingerprint density at radius 2 is 1.58 bits per heavy atom. The maximum absolute atomic E-state index is 6.09. The molecule has 0 bridgehead atoms. The van der Waals surface area contributed by atoms with E-state index in [9.17, 15) is 0 Å². The molecule has 1 N–H and O–H groups in total. The molecule has 2 saturated heterocycles. The molecule has 1 atom stereocenters. The molecule has 198 valence electrons. The summed E-state index contributed by atoms with van der Waals surface area (Å²) in [6, 6.07) is 26.6. The van der Waals surface area contributed by atoms with Gasteiger partial charge < -0.3 is 14.8 Å². The van der Waals surface area contributed by atoms with Crippen molar-refractivity contribution in [2.45, 2.75) is 44.6 Å². The van der Waals surface area contributed by atoms with E-state index in [1.54, 1.807) is 0 Å². The van der Waals surface area contributed by atoms with E-state index in [2.05, 4.69) is 83.0 Å². The summed E-state index contributed by atoms with van der Waals surface area (Å²) in [7, 11) is 0. The molecule has 0 saturated carbocycles. The summed E-state index contributed by atoms with van der Waals surface area (Å²) in [4.78, 5) is 3.84. The molecular formula is C33H38N2O2S. The van der Waals surface area contributed by atoms with Crippen LogP contribution in [0.15, 0.2) is 72.8 Å². The van der Waals surface area contributed by atoms with Gasteiger partial charge in [0.2, 0.25) is 0 Å². The Bertz CT molecular complexity index is 1300. The predicted octanol–water partition coefficient (Wildman–Crippen LogP) is 7.15. The van der Waals surface area contributed by atoms with Crippen molar-refractivity contribution >= 4 is 21.4 Å². The van der Waals surface area contributed by atoms with Gasteiger partial charge in [0, 0.05) is 22.2 Å². The first-order valence-electron chi connectivity index (χ1n) is 14.2. The molecule has 0 spiro atoms. The fourth-order valence-corrected chi connectivity index (χ4v) is 6.91. The molecule has 3 heterocycles. The third-order valence-corrected chi connectivity index (χ3v) is 9.12. The Hall–Kier alpha value is -2.86. The number of rotatable bonds is 10. The quantitative estimate of drug-likeness (QED) is 0.238. The predicted molar refractivity (Wildman–Crippen MR) is 159 cm³/mol. The molecule has 0 radical (unpaired) electrons. The minimum atomic E-state index is 0.477. The van der Waals surface area contributed by atoms with Crippen LogP contribution in [0.3, 0.4) is 0 Å². The van der Waals surface area contributed by atoms with Crippen LogP contribution in [0.25, 0.3) is 20.5 Å². The Balaban J connectivity index is 1.14. The van der Waals surface area contributed by atoms with Crippen LogP contribution in [0.1, 0.15) is 43.2 Å². The molecule has 3 aromatic carbocycles. The molecule has 5 heteroatoms. The largest absolute Gasteiger partial charge is 0.492 e. The van der Waals surface area contributed by atoms with Crippen LogP contribution in [-0.2, 0) is 6.42 Å². The highest BCUT2D eigenvalue weighted by atomic mass is 32.1. The van der Waals surface area contributed by atoms with Gasteiger partial charge in [-0.3, -0.25) is 4.90 Å². The van der Waals surface area contributed by atoms with E-state index in [0.717, 1.165) is 44.2 Å². The Kier molecular flexibility index (Phi) is 8.25. The molecule has 38 heavy (non-hydrogen) atoms. The smallest absolute Gasteiger partial charge is 0.119 e. The Morgan fingerprint density at radius 3 is 2.37 bits per heavy atom. The molecule has 4 nitrogen and oxygen atoms in total. The number of nitrogens with one attached hydrogen (secondary N) is 1. The molecule has 1 unspecified atom stereocenters. The summed E-state index contributed by atoms with van der Waals surface area (Å²) in [5.74, 6) is 1.91. The second-order valence-corrected chi connectivity index (χ2v) is 11.7. The third-order valence-electron chi connectivity index (χ3n) is 7.86. The summed E-state index contributed by atoms with van der Waals surface area (Å²) in [6.45, 7) is 6.05. The average molecular weight is 527 g/mol. The van der Waals surface area contributed by atoms with Crippen LogP contribution in [0, 0.1) is 0 Å². The van der Waals surface area contributed by atoms with E-state index < -0.39 is 0 Å². The topological polar surface area (TPSA) is 33.7 Å². The molecule has 2 fully saturated rings. The Morgan fingerprint density at radius 1 is 0.816 bits per heavy atom. The van der Waals surface area contributed by atoms with Crippen LogP contribution in [0.2, 0.25) is 0 Å². The zero-order chi connectivity index (χ0) is 25.6. The molecular weight excluding hydrogens is 488 g/mol. The number of hydrogen-bond donors (Lipinski definition) is 1. The van der Waals surface area contributed by atoms with Gasteiger partial charge in [-0.2, -0.15) is 0 Å². The van der Waals surface area contributed by atoms with Crippen LogP contribution in [0.4, 0.5) is 0 Å². The van der Waals surface area contributed by atoms with E-state index in [1.807, 2.05) is 11.3 Å². The van der Waals surface area contributed by atoms with E-state index in [1.165, 1.54) is 76.8 Å². The fourth-order valence-electron chi connectivity index (χ4n) is 5.68. The lowest BCUT2D eigenvalue weighted by atomic mass is 9.99. The number of fused-ring (bicyclic) bond motifs is 1. The van der Waals surface area contributed by atoms with Crippen molar-refractivity contribution in [1.29, 1.82) is 0 Å². The number of nitrogens with zero attached hydrogens (tertiary/aromatic N) is 1. The van der Waals surface area contributed by atoms with Gasteiger partial charge in [-0.25, -0.2) is 0 Å². The molecule has 2 aliphatic heterocycles. The maximum atomic E-state index is 6.09. The molecule has 0 amide bonds. The highest BCUT2D eigenvalue weighted by molar-refractivity contribution is 7.22. The first-order chi connectivity index (χ1) is 18.8. The fraction of sp³-hybridized carbons (Fsp3) is 0.394. The van der Waals surface area contributed by atoms with Crippen LogP contribution < -0.4 is 14.8 Å². The minimum absolute atomic E-state index is 0.477. The normalized spacial score (nSPS) is 18.2. The van der Waals surface area contributed by atoms with E-state index in [0.29, 0.717) is 6.04 Å². The van der Waals surface area contributed by atoms with Gasteiger partial charge in [-0.15, -0.1) is 11.3 Å². The van der Waals surface area contributed by atoms with E-state index >= 15 is 0 Å². The number of ether oxygens (including phenoxy) is 2. The van der Waals surface area contributed by atoms with Crippen LogP contribution in [-0.4, -0.2) is 50.3 Å². The second-order valence-electron chi connectivity index (χ2n) is 10.6. The first kappa shape index (κ1) is 25.4. The van der Waals surface area contributed by atoms with Crippen LogP contribution in [0.5, 0.6) is 11.5 Å². The van der Waals surface area contributed by atoms with Gasteiger partial charge in [0.05, 0.1) is 0 Å². The van der Waals surface area contributed by atoms with Crippen molar-refractivity contribution in [3.8, 4) is 21.9 Å². The zero-order valence-corrected chi connectivity index (χ0v) is 23.0. The first-order valence-corrected chi connectivity index (χ1v) is 15.0. The van der Waals surface area contributed by atoms with Crippen molar-refractivity contribution in [2.75, 3.05) is 39.4 Å². The van der Waals surface area contributed by atoms with E-state index in [4.69, 9.17) is 9.47 Å². The number of thiophene rings is 1. The Labute approximate surface area is 230 Å². The standard InChI is InChI=1S/C33H38N2O2S/c1-2-9-32-30(8-1)31(23-25-10-14-29(15-11-25)37-24-27-7-3-4-18-34-27)33(38-32)26-12-16-28(17-13-26)36-22-21-35-19-5-6-20-35/h1-2,8-17,27,34H,3-7,18-24H2. The summed E-state index contributed by atoms with van der Waals surface area (Å²) < 4.78 is 13.5. The van der Waals surface area contributed by atoms with Gasteiger partial charge >= 0.3 is 0 Å². The lowest BCUT2D eigenvalue weighted by Gasteiger charge is -2.23. The van der Waals surface area contributed by atoms with Crippen molar-refractivity contribution in [3.05, 3.63) is 83.9 Å². The van der Waals surface area contributed by atoms with Crippen LogP contribution >= 0.6 is 11.3 Å². The summed E-state index contributed by atoms with van der Waals surface area (Å²) in [5.41, 5.74) is 3.96. The lowest BCUT2D eigenvalue weighted by molar-refractivity contribution is 0.238. The van der Waals surface area contributed by atoms with Gasteiger partial charge in [-0.05, 0) is 116 Å². The highest BCUT2D eigenvalue weighted by Crippen LogP contribution is 2.40. The molecule has 0 aliphatic carbocycles. The number of hydrogen-bond acceptors (Lipinski definition) is 5. The second kappa shape index (κ2) is 12.3. The lowest BCUT2D eigenvalue weighted by Crippen LogP contribution is -2.38. The van der Waals surface area contributed by atoms with Crippen molar-refractivity contribution in [2.24, 2.45) is 0 Å². The van der Waals surface area contributed by atoms with Crippen molar-refractivity contribution in [3.63, 3.8) is 0 Å². The van der Waals surface area contributed by atoms with Gasteiger partial charge in [0.15, 0.2) is 0 Å². The number of piperidine rings is 1. The van der Waals surface area contributed by atoms with Gasteiger partial charge in [0.25, 0.3) is 0 Å². The number of likely N-dealkylation sites (tertiary alicyclic amines) is 1. The summed E-state index contributed by atoms with van der Waals surface area (Å²) >= 11 is 1.88. The average Bonchev–Trinajstić information content (AvgIpc) is 3.62. The monoisotopic (exact) mass is 526 g/mol. The zero-order valence-electron chi connectivity index (χ0n) is 22.2. The van der Waals surface area contributed by atoms with Crippen molar-refractivity contribution in [1.82, 2.24) is 10.2 Å². The SMILES string of the molecule is c1ccc2c(Cc3ccc(OCC4CCCCN4)cc3)c(-c3ccc(OCCN4CCCC4)cc3)sc2c1. The number of benzene rings is 3. The van der Waals surface area contributed by atoms with Crippen molar-refractivity contribution < 1.29 is 9.47 Å². The minimum Gasteiger partial charge on any atom is -0.492 e. The molecule has 6 rings (SSSR count). The summed E-state index contributed by atoms with van der Waals surface area (Å²) in [5, 5.41) is 4.91. The highest BCUT2D eigenvalue weighted by Gasteiger charge is 2.16. The van der Waals surface area contributed by atoms with E-state index in [-0.39, 0.29) is 0 Å². The summed E-state index contributed by atoms with van der Waals surface area (Å²) in [6.07, 6.45) is 7.33. The molecule has 4 aromatic rings. The van der Waals surface area contributed by atoms with Gasteiger partial charge in [-0.1, -0.05) is 36.8 Å². The maximum Gasteiger partial charge on any atom is 0.119 e.